The minimum atomic E-state index is -4.04. The molecule has 0 saturated carbocycles. The molecule has 0 aromatic heterocycles. The number of nitrogens with one attached hydrogen (secondary N) is 1. The summed E-state index contributed by atoms with van der Waals surface area (Å²) >= 11 is 0. The van der Waals surface area contributed by atoms with Gasteiger partial charge in [0.1, 0.15) is 5.82 Å². The Balaban J connectivity index is 1.93. The summed E-state index contributed by atoms with van der Waals surface area (Å²) in [6.45, 7) is 0.891. The molecule has 9 heteroatoms. The Kier molecular flexibility index (Phi) is 5.24. The summed E-state index contributed by atoms with van der Waals surface area (Å²) in [6, 6.07) is 11.0. The molecule has 2 amide bonds. The van der Waals surface area contributed by atoms with Crippen LogP contribution in [0, 0.1) is 12.7 Å². The number of aryl methyl sites for hydroxylation is 1. The summed E-state index contributed by atoms with van der Waals surface area (Å²) in [7, 11) is -4.04. The highest BCUT2D eigenvalue weighted by atomic mass is 32.2. The number of amides is 2. The third-order valence-corrected chi connectivity index (χ3v) is 5.76. The number of hydrogen-bond acceptors (Lipinski definition) is 5. The van der Waals surface area contributed by atoms with E-state index in [9.17, 15) is 22.4 Å². The molecule has 27 heavy (non-hydrogen) atoms. The van der Waals surface area contributed by atoms with Gasteiger partial charge >= 0.3 is 6.09 Å². The number of carbonyl (C=O) groups is 2. The highest BCUT2D eigenvalue weighted by Gasteiger charge is 2.35. The van der Waals surface area contributed by atoms with Crippen LogP contribution in [0.1, 0.15) is 17.2 Å². The van der Waals surface area contributed by atoms with E-state index in [2.05, 4.69) is 9.46 Å². The number of benzene rings is 2. The van der Waals surface area contributed by atoms with Crippen LogP contribution >= 0.6 is 0 Å². The SMILES string of the molecule is Cc1cc(F)ccc1S(=O)(=O)NC(CN1C(=O)COC1=O)c1ccccc1. The molecule has 1 unspecified atom stereocenters. The lowest BCUT2D eigenvalue weighted by molar-refractivity contribution is -0.126. The number of ether oxygens (including phenoxy) is 1. The summed E-state index contributed by atoms with van der Waals surface area (Å²) in [5, 5.41) is 0. The van der Waals surface area contributed by atoms with Gasteiger partial charge < -0.3 is 4.74 Å². The van der Waals surface area contributed by atoms with E-state index >= 15 is 0 Å². The van der Waals surface area contributed by atoms with Crippen LogP contribution in [0.5, 0.6) is 0 Å². The quantitative estimate of drug-likeness (QED) is 0.813. The normalized spacial score (nSPS) is 15.7. The predicted molar refractivity (Wildman–Crippen MR) is 93.7 cm³/mol. The second-order valence-electron chi connectivity index (χ2n) is 6.05. The minimum absolute atomic E-state index is 0.0832. The largest absolute Gasteiger partial charge is 0.439 e. The van der Waals surface area contributed by atoms with E-state index in [-0.39, 0.29) is 23.6 Å². The van der Waals surface area contributed by atoms with Crippen molar-refractivity contribution in [1.29, 1.82) is 0 Å². The number of imide groups is 1. The number of nitrogens with zero attached hydrogens (tertiary/aromatic N) is 1. The van der Waals surface area contributed by atoms with Crippen molar-refractivity contribution in [2.45, 2.75) is 17.9 Å². The van der Waals surface area contributed by atoms with Crippen LogP contribution in [0.4, 0.5) is 9.18 Å². The lowest BCUT2D eigenvalue weighted by atomic mass is 10.1. The minimum Gasteiger partial charge on any atom is -0.439 e. The third-order valence-electron chi connectivity index (χ3n) is 4.13. The summed E-state index contributed by atoms with van der Waals surface area (Å²) in [4.78, 5) is 24.4. The molecule has 2 aromatic rings. The predicted octanol–water partition coefficient (Wildman–Crippen LogP) is 2.13. The Morgan fingerprint density at radius 1 is 1.19 bits per heavy atom. The van der Waals surface area contributed by atoms with Gasteiger partial charge in [-0.05, 0) is 36.2 Å². The highest BCUT2D eigenvalue weighted by Crippen LogP contribution is 2.22. The van der Waals surface area contributed by atoms with E-state index in [0.29, 0.717) is 5.56 Å². The van der Waals surface area contributed by atoms with Crippen molar-refractivity contribution in [3.63, 3.8) is 0 Å². The first kappa shape index (κ1) is 19.0. The molecule has 3 rings (SSSR count). The Morgan fingerprint density at radius 3 is 2.48 bits per heavy atom. The maximum Gasteiger partial charge on any atom is 0.417 e. The smallest absolute Gasteiger partial charge is 0.417 e. The molecule has 1 aliphatic rings. The van der Waals surface area contributed by atoms with Gasteiger partial charge in [0.05, 0.1) is 17.5 Å². The van der Waals surface area contributed by atoms with Gasteiger partial charge in [0.25, 0.3) is 5.91 Å². The number of carbonyl (C=O) groups excluding carboxylic acids is 2. The van der Waals surface area contributed by atoms with E-state index in [1.54, 1.807) is 30.3 Å². The first-order chi connectivity index (χ1) is 12.8. The molecule has 142 valence electrons. The molecule has 0 radical (unpaired) electrons. The standard InChI is InChI=1S/C18H17FN2O5S/c1-12-9-14(19)7-8-16(12)27(24,25)20-15(13-5-3-2-4-6-13)10-21-17(22)11-26-18(21)23/h2-9,15,20H,10-11H2,1H3. The zero-order valence-electron chi connectivity index (χ0n) is 14.4. The number of cyclic esters (lactones) is 1. The van der Waals surface area contributed by atoms with Crippen molar-refractivity contribution < 1.29 is 27.1 Å². The first-order valence-electron chi connectivity index (χ1n) is 8.08. The molecule has 1 atom stereocenters. The van der Waals surface area contributed by atoms with Gasteiger partial charge in [0.2, 0.25) is 10.0 Å². The molecule has 2 aromatic carbocycles. The molecule has 0 bridgehead atoms. The molecule has 1 saturated heterocycles. The van der Waals surface area contributed by atoms with Gasteiger partial charge in [-0.15, -0.1) is 0 Å². The Hall–Kier alpha value is -2.78. The fourth-order valence-electron chi connectivity index (χ4n) is 2.80. The van der Waals surface area contributed by atoms with Gasteiger partial charge in [-0.25, -0.2) is 27.2 Å². The number of hydrogen-bond donors (Lipinski definition) is 1. The maximum atomic E-state index is 13.3. The fourth-order valence-corrected chi connectivity index (χ4v) is 4.24. The van der Waals surface area contributed by atoms with Gasteiger partial charge in [-0.3, -0.25) is 4.79 Å². The molecule has 1 fully saturated rings. The van der Waals surface area contributed by atoms with Crippen LogP contribution in [0.15, 0.2) is 53.4 Å². The van der Waals surface area contributed by atoms with E-state index in [4.69, 9.17) is 0 Å². The van der Waals surface area contributed by atoms with Crippen molar-refractivity contribution in [3.8, 4) is 0 Å². The topological polar surface area (TPSA) is 92.8 Å². The summed E-state index contributed by atoms with van der Waals surface area (Å²) in [6.07, 6.45) is -0.821. The summed E-state index contributed by atoms with van der Waals surface area (Å²) in [5.74, 6) is -1.09. The lowest BCUT2D eigenvalue weighted by Gasteiger charge is -2.23. The van der Waals surface area contributed by atoms with Gasteiger partial charge in [0.15, 0.2) is 6.61 Å². The van der Waals surface area contributed by atoms with Crippen molar-refractivity contribution in [3.05, 3.63) is 65.5 Å². The molecule has 7 nitrogen and oxygen atoms in total. The van der Waals surface area contributed by atoms with Crippen LogP contribution in [0.3, 0.4) is 0 Å². The van der Waals surface area contributed by atoms with E-state index in [1.165, 1.54) is 13.0 Å². The van der Waals surface area contributed by atoms with E-state index < -0.39 is 33.9 Å². The number of rotatable bonds is 6. The van der Waals surface area contributed by atoms with E-state index in [0.717, 1.165) is 17.0 Å². The average molecular weight is 392 g/mol. The van der Waals surface area contributed by atoms with Crippen LogP contribution in [0.25, 0.3) is 0 Å². The number of halogens is 1. The van der Waals surface area contributed by atoms with Crippen LogP contribution < -0.4 is 4.72 Å². The fraction of sp³-hybridized carbons (Fsp3) is 0.222. The zero-order chi connectivity index (χ0) is 19.6. The molecule has 0 spiro atoms. The first-order valence-corrected chi connectivity index (χ1v) is 9.57. The van der Waals surface area contributed by atoms with Crippen LogP contribution in [-0.2, 0) is 19.6 Å². The third kappa shape index (κ3) is 4.15. The van der Waals surface area contributed by atoms with Crippen LogP contribution in [0.2, 0.25) is 0 Å². The number of sulfonamides is 1. The van der Waals surface area contributed by atoms with Crippen molar-refractivity contribution in [2.24, 2.45) is 0 Å². The molecular formula is C18H17FN2O5S. The second-order valence-corrected chi connectivity index (χ2v) is 7.74. The lowest BCUT2D eigenvalue weighted by Crippen LogP contribution is -2.40. The van der Waals surface area contributed by atoms with Gasteiger partial charge in [-0.2, -0.15) is 0 Å². The Bertz CT molecular complexity index is 963. The molecular weight excluding hydrogens is 375 g/mol. The Labute approximate surface area is 155 Å². The summed E-state index contributed by atoms with van der Waals surface area (Å²) in [5.41, 5.74) is 0.805. The molecule has 1 N–H and O–H groups in total. The zero-order valence-corrected chi connectivity index (χ0v) is 15.2. The highest BCUT2D eigenvalue weighted by molar-refractivity contribution is 7.89. The van der Waals surface area contributed by atoms with Gasteiger partial charge in [-0.1, -0.05) is 30.3 Å². The Morgan fingerprint density at radius 2 is 1.89 bits per heavy atom. The molecule has 0 aliphatic carbocycles. The maximum absolute atomic E-state index is 13.3. The van der Waals surface area contributed by atoms with E-state index in [1.807, 2.05) is 0 Å². The van der Waals surface area contributed by atoms with Crippen molar-refractivity contribution in [2.75, 3.05) is 13.2 Å². The van der Waals surface area contributed by atoms with Crippen molar-refractivity contribution >= 4 is 22.0 Å². The van der Waals surface area contributed by atoms with Crippen molar-refractivity contribution in [1.82, 2.24) is 9.62 Å². The summed E-state index contributed by atoms with van der Waals surface area (Å²) < 4.78 is 46.2. The van der Waals surface area contributed by atoms with Crippen LogP contribution in [-0.4, -0.2) is 38.5 Å². The average Bonchev–Trinajstić information content (AvgIpc) is 2.93. The molecule has 1 heterocycles. The van der Waals surface area contributed by atoms with Gasteiger partial charge in [0, 0.05) is 0 Å². The monoisotopic (exact) mass is 392 g/mol. The second kappa shape index (κ2) is 7.45. The molecule has 1 aliphatic heterocycles.